The highest BCUT2D eigenvalue weighted by Gasteiger charge is 2.26. The molecule has 2 aromatic rings. The minimum absolute atomic E-state index is 0.141. The Kier molecular flexibility index (Phi) is 4.21. The van der Waals surface area contributed by atoms with Crippen molar-refractivity contribution in [2.75, 3.05) is 31.1 Å². The number of carbonyl (C=O) groups is 1. The second-order valence-electron chi connectivity index (χ2n) is 5.97. The number of hydrogen-bond acceptors (Lipinski definition) is 6. The average molecular weight is 325 g/mol. The van der Waals surface area contributed by atoms with Crippen molar-refractivity contribution < 1.29 is 9.32 Å². The van der Waals surface area contributed by atoms with Crippen molar-refractivity contribution in [2.45, 2.75) is 20.8 Å². The summed E-state index contributed by atoms with van der Waals surface area (Å²) in [5.74, 6) is 0.132. The molecule has 7 heteroatoms. The van der Waals surface area contributed by atoms with Crippen LogP contribution in [0.3, 0.4) is 0 Å². The van der Waals surface area contributed by atoms with Crippen molar-refractivity contribution in [3.63, 3.8) is 0 Å². The first-order chi connectivity index (χ1) is 11.5. The molecule has 1 saturated heterocycles. The van der Waals surface area contributed by atoms with Crippen molar-refractivity contribution in [1.82, 2.24) is 15.0 Å². The monoisotopic (exact) mass is 325 g/mol. The van der Waals surface area contributed by atoms with Crippen LogP contribution in [0.25, 0.3) is 0 Å². The van der Waals surface area contributed by atoms with Crippen LogP contribution >= 0.6 is 0 Å². The normalized spacial score (nSPS) is 14.6. The maximum Gasteiger partial charge on any atom is 0.292 e. The van der Waals surface area contributed by atoms with Crippen molar-refractivity contribution in [2.24, 2.45) is 0 Å². The molecule has 1 fully saturated rings. The van der Waals surface area contributed by atoms with Gasteiger partial charge < -0.3 is 14.3 Å². The molecule has 0 unspecified atom stereocenters. The van der Waals surface area contributed by atoms with Crippen LogP contribution in [-0.2, 0) is 0 Å². The topological polar surface area (TPSA) is 86.3 Å². The van der Waals surface area contributed by atoms with Crippen molar-refractivity contribution in [1.29, 1.82) is 5.26 Å². The quantitative estimate of drug-likeness (QED) is 0.837. The summed E-state index contributed by atoms with van der Waals surface area (Å²) in [5.41, 5.74) is 3.81. The molecule has 2 aromatic heterocycles. The Hall–Kier alpha value is -2.88. The number of amides is 1. The van der Waals surface area contributed by atoms with Gasteiger partial charge in [-0.25, -0.2) is 0 Å². The van der Waals surface area contributed by atoms with Crippen molar-refractivity contribution in [3.05, 3.63) is 40.5 Å². The summed E-state index contributed by atoms with van der Waals surface area (Å²) in [7, 11) is 0. The SMILES string of the molecule is Cc1cc(C(=O)N2CCN(c3cc(C)nc(C)c3C#N)CC2)on1. The van der Waals surface area contributed by atoms with Crippen molar-refractivity contribution >= 4 is 11.6 Å². The summed E-state index contributed by atoms with van der Waals surface area (Å²) in [5, 5.41) is 13.2. The minimum atomic E-state index is -0.141. The first kappa shape index (κ1) is 16.0. The number of piperazine rings is 1. The van der Waals surface area contributed by atoms with Gasteiger partial charge in [-0.05, 0) is 26.8 Å². The number of nitriles is 1. The van der Waals surface area contributed by atoms with Gasteiger partial charge in [0.2, 0.25) is 5.76 Å². The smallest absolute Gasteiger partial charge is 0.292 e. The van der Waals surface area contributed by atoms with E-state index < -0.39 is 0 Å². The Morgan fingerprint density at radius 2 is 1.88 bits per heavy atom. The van der Waals surface area contributed by atoms with Gasteiger partial charge in [0, 0.05) is 37.9 Å². The maximum atomic E-state index is 12.4. The van der Waals surface area contributed by atoms with E-state index >= 15 is 0 Å². The summed E-state index contributed by atoms with van der Waals surface area (Å²) in [6.45, 7) is 8.03. The van der Waals surface area contributed by atoms with Gasteiger partial charge in [0.15, 0.2) is 0 Å². The lowest BCUT2D eigenvalue weighted by Crippen LogP contribution is -2.49. The summed E-state index contributed by atoms with van der Waals surface area (Å²) in [6.07, 6.45) is 0. The summed E-state index contributed by atoms with van der Waals surface area (Å²) < 4.78 is 5.05. The number of aryl methyl sites for hydroxylation is 3. The summed E-state index contributed by atoms with van der Waals surface area (Å²) in [6, 6.07) is 5.83. The lowest BCUT2D eigenvalue weighted by Gasteiger charge is -2.36. The summed E-state index contributed by atoms with van der Waals surface area (Å²) in [4.78, 5) is 20.6. The van der Waals surface area contributed by atoms with Gasteiger partial charge in [0.1, 0.15) is 6.07 Å². The Bertz CT molecular complexity index is 813. The molecule has 0 radical (unpaired) electrons. The highest BCUT2D eigenvalue weighted by molar-refractivity contribution is 5.91. The van der Waals surface area contributed by atoms with E-state index in [4.69, 9.17) is 4.52 Å². The highest BCUT2D eigenvalue weighted by atomic mass is 16.5. The Balaban J connectivity index is 1.74. The second kappa shape index (κ2) is 6.32. The zero-order chi connectivity index (χ0) is 17.3. The van der Waals surface area contributed by atoms with Crippen LogP contribution in [0.5, 0.6) is 0 Å². The molecule has 0 aliphatic carbocycles. The lowest BCUT2D eigenvalue weighted by atomic mass is 10.1. The van der Waals surface area contributed by atoms with E-state index in [0.29, 0.717) is 37.4 Å². The molecule has 0 saturated carbocycles. The van der Waals surface area contributed by atoms with Crippen LogP contribution in [0.2, 0.25) is 0 Å². The standard InChI is InChI=1S/C17H19N5O2/c1-11-8-15(14(10-18)13(3)19-11)21-4-6-22(7-5-21)17(23)16-9-12(2)20-24-16/h8-9H,4-7H2,1-3H3. The molecular formula is C17H19N5O2. The number of hydrogen-bond donors (Lipinski definition) is 0. The first-order valence-corrected chi connectivity index (χ1v) is 7.85. The number of carbonyl (C=O) groups excluding carboxylic acids is 1. The molecule has 7 nitrogen and oxygen atoms in total. The second-order valence-corrected chi connectivity index (χ2v) is 5.97. The van der Waals surface area contributed by atoms with E-state index in [0.717, 1.165) is 17.1 Å². The molecule has 124 valence electrons. The van der Waals surface area contributed by atoms with Crippen LogP contribution in [0.4, 0.5) is 5.69 Å². The van der Waals surface area contributed by atoms with Gasteiger partial charge in [-0.2, -0.15) is 5.26 Å². The zero-order valence-corrected chi connectivity index (χ0v) is 14.0. The number of pyridine rings is 1. The molecule has 3 heterocycles. The minimum Gasteiger partial charge on any atom is -0.367 e. The number of rotatable bonds is 2. The van der Waals surface area contributed by atoms with E-state index in [1.54, 1.807) is 17.9 Å². The fourth-order valence-corrected chi connectivity index (χ4v) is 2.97. The van der Waals surface area contributed by atoms with Crippen LogP contribution in [0.15, 0.2) is 16.7 Å². The fourth-order valence-electron chi connectivity index (χ4n) is 2.97. The van der Waals surface area contributed by atoms with E-state index in [1.165, 1.54) is 0 Å². The fraction of sp³-hybridized carbons (Fsp3) is 0.412. The largest absolute Gasteiger partial charge is 0.367 e. The molecule has 1 aliphatic heterocycles. The van der Waals surface area contributed by atoms with E-state index in [1.807, 2.05) is 19.9 Å². The lowest BCUT2D eigenvalue weighted by molar-refractivity contribution is 0.0704. The Labute approximate surface area is 140 Å². The number of anilines is 1. The molecular weight excluding hydrogens is 306 g/mol. The van der Waals surface area contributed by atoms with Crippen LogP contribution < -0.4 is 4.90 Å². The molecule has 24 heavy (non-hydrogen) atoms. The first-order valence-electron chi connectivity index (χ1n) is 7.85. The maximum absolute atomic E-state index is 12.4. The number of aromatic nitrogens is 2. The van der Waals surface area contributed by atoms with Crippen LogP contribution in [-0.4, -0.2) is 47.1 Å². The molecule has 0 atom stereocenters. The number of nitrogens with zero attached hydrogens (tertiary/aromatic N) is 5. The predicted octanol–water partition coefficient (Wildman–Crippen LogP) is 1.83. The third-order valence-corrected chi connectivity index (χ3v) is 4.17. The molecule has 3 rings (SSSR count). The molecule has 0 aromatic carbocycles. The van der Waals surface area contributed by atoms with E-state index in [9.17, 15) is 10.1 Å². The average Bonchev–Trinajstić information content (AvgIpc) is 3.00. The van der Waals surface area contributed by atoms with E-state index in [-0.39, 0.29) is 11.7 Å². The molecule has 0 spiro atoms. The Morgan fingerprint density at radius 3 is 2.46 bits per heavy atom. The molecule has 1 amide bonds. The van der Waals surface area contributed by atoms with Gasteiger partial charge in [-0.15, -0.1) is 0 Å². The highest BCUT2D eigenvalue weighted by Crippen LogP contribution is 2.24. The van der Waals surface area contributed by atoms with Gasteiger partial charge in [0.25, 0.3) is 5.91 Å². The van der Waals surface area contributed by atoms with Gasteiger partial charge in [-0.1, -0.05) is 5.16 Å². The summed E-state index contributed by atoms with van der Waals surface area (Å²) >= 11 is 0. The third-order valence-electron chi connectivity index (χ3n) is 4.17. The molecule has 0 N–H and O–H groups in total. The van der Waals surface area contributed by atoms with Crippen LogP contribution in [0.1, 0.15) is 33.2 Å². The predicted molar refractivity (Wildman–Crippen MR) is 87.8 cm³/mol. The third kappa shape index (κ3) is 2.95. The molecule has 0 bridgehead atoms. The van der Waals surface area contributed by atoms with E-state index in [2.05, 4.69) is 21.1 Å². The van der Waals surface area contributed by atoms with Crippen molar-refractivity contribution in [3.8, 4) is 6.07 Å². The van der Waals surface area contributed by atoms with Gasteiger partial charge in [-0.3, -0.25) is 9.78 Å². The van der Waals surface area contributed by atoms with Gasteiger partial charge >= 0.3 is 0 Å². The van der Waals surface area contributed by atoms with Crippen LogP contribution in [0, 0.1) is 32.1 Å². The molecule has 1 aliphatic rings. The zero-order valence-electron chi connectivity index (χ0n) is 14.0. The Morgan fingerprint density at radius 1 is 1.17 bits per heavy atom. The van der Waals surface area contributed by atoms with Gasteiger partial charge in [0.05, 0.1) is 22.6 Å².